The van der Waals surface area contributed by atoms with Crippen molar-refractivity contribution in [3.05, 3.63) is 39.9 Å². The molecule has 86 valence electrons. The molecule has 1 aromatic carbocycles. The van der Waals surface area contributed by atoms with Crippen LogP contribution in [0.25, 0.3) is 0 Å². The van der Waals surface area contributed by atoms with Crippen molar-refractivity contribution in [1.82, 2.24) is 5.32 Å². The Morgan fingerprint density at radius 2 is 1.81 bits per heavy atom. The first-order valence-electron chi connectivity index (χ1n) is 4.86. The van der Waals surface area contributed by atoms with Crippen molar-refractivity contribution in [2.24, 2.45) is 0 Å². The number of benzene rings is 1. The first kappa shape index (κ1) is 12.2. The average molecular weight is 222 g/mol. The first-order chi connectivity index (χ1) is 7.33. The Hall–Kier alpha value is -1.91. The summed E-state index contributed by atoms with van der Waals surface area (Å²) in [5.41, 5.74) is 0.344. The van der Waals surface area contributed by atoms with Crippen molar-refractivity contribution in [3.63, 3.8) is 0 Å². The molecule has 0 bridgehead atoms. The minimum atomic E-state index is -0.527. The molecule has 0 fully saturated rings. The lowest BCUT2D eigenvalue weighted by atomic mass is 9.94. The summed E-state index contributed by atoms with van der Waals surface area (Å²) in [6, 6.07) is 6.15. The maximum Gasteiger partial charge on any atom is 0.269 e. The number of nitrogens with one attached hydrogen (secondary N) is 1. The number of carbonyl (C=O) groups is 1. The minimum absolute atomic E-state index is 0.0439. The van der Waals surface area contributed by atoms with Crippen molar-refractivity contribution in [2.45, 2.75) is 26.3 Å². The van der Waals surface area contributed by atoms with Gasteiger partial charge in [-0.05, 0) is 31.5 Å². The lowest BCUT2D eigenvalue weighted by molar-refractivity contribution is -0.384. The molecular weight excluding hydrogens is 208 g/mol. The van der Waals surface area contributed by atoms with E-state index in [1.165, 1.54) is 19.1 Å². The summed E-state index contributed by atoms with van der Waals surface area (Å²) < 4.78 is 0. The van der Waals surface area contributed by atoms with E-state index in [0.717, 1.165) is 5.56 Å². The Morgan fingerprint density at radius 1 is 1.31 bits per heavy atom. The zero-order valence-electron chi connectivity index (χ0n) is 9.48. The van der Waals surface area contributed by atoms with Gasteiger partial charge in [-0.25, -0.2) is 0 Å². The van der Waals surface area contributed by atoms with Gasteiger partial charge < -0.3 is 5.32 Å². The number of nitrogens with zero attached hydrogens (tertiary/aromatic N) is 1. The molecule has 0 aliphatic rings. The number of non-ortho nitro benzene ring substituents is 1. The van der Waals surface area contributed by atoms with Crippen molar-refractivity contribution in [3.8, 4) is 0 Å². The molecule has 1 amide bonds. The molecule has 0 radical (unpaired) electrons. The van der Waals surface area contributed by atoms with Crippen LogP contribution >= 0.6 is 0 Å². The third kappa shape index (κ3) is 2.79. The maximum absolute atomic E-state index is 11.0. The van der Waals surface area contributed by atoms with Gasteiger partial charge in [-0.3, -0.25) is 14.9 Å². The molecule has 0 spiro atoms. The topological polar surface area (TPSA) is 72.2 Å². The normalized spacial score (nSPS) is 10.9. The van der Waals surface area contributed by atoms with Crippen LogP contribution < -0.4 is 5.32 Å². The molecular formula is C11H14N2O3. The molecule has 16 heavy (non-hydrogen) atoms. The molecule has 0 aromatic heterocycles. The highest BCUT2D eigenvalue weighted by atomic mass is 16.6. The van der Waals surface area contributed by atoms with Crippen LogP contribution in [0.1, 0.15) is 26.3 Å². The van der Waals surface area contributed by atoms with Crippen molar-refractivity contribution in [2.75, 3.05) is 0 Å². The zero-order valence-corrected chi connectivity index (χ0v) is 9.48. The molecule has 0 unspecified atom stereocenters. The molecule has 1 N–H and O–H groups in total. The smallest absolute Gasteiger partial charge is 0.269 e. The Morgan fingerprint density at radius 3 is 2.19 bits per heavy atom. The second-order valence-corrected chi connectivity index (χ2v) is 4.11. The monoisotopic (exact) mass is 222 g/mol. The van der Waals surface area contributed by atoms with Gasteiger partial charge in [-0.2, -0.15) is 0 Å². The molecule has 0 aliphatic heterocycles. The fourth-order valence-electron chi connectivity index (χ4n) is 1.51. The van der Waals surface area contributed by atoms with Gasteiger partial charge in [0.05, 0.1) is 10.5 Å². The minimum Gasteiger partial charge on any atom is -0.347 e. The van der Waals surface area contributed by atoms with E-state index in [1.807, 2.05) is 13.8 Å². The van der Waals surface area contributed by atoms with Gasteiger partial charge in [0, 0.05) is 19.1 Å². The number of hydrogen-bond donors (Lipinski definition) is 1. The lowest BCUT2D eigenvalue weighted by Gasteiger charge is -2.26. The van der Waals surface area contributed by atoms with Crippen LogP contribution in [0.4, 0.5) is 5.69 Å². The predicted octanol–water partition coefficient (Wildman–Crippen LogP) is 1.97. The second kappa shape index (κ2) is 4.30. The standard InChI is InChI=1S/C11H14N2O3/c1-8(14)12-11(2,3)9-4-6-10(7-5-9)13(15)16/h4-7H,1-3H3,(H,12,14). The average Bonchev–Trinajstić information content (AvgIpc) is 2.16. The van der Waals surface area contributed by atoms with Crippen molar-refractivity contribution < 1.29 is 9.72 Å². The van der Waals surface area contributed by atoms with Gasteiger partial charge in [0.25, 0.3) is 5.69 Å². The molecule has 0 aliphatic carbocycles. The highest BCUT2D eigenvalue weighted by Crippen LogP contribution is 2.22. The maximum atomic E-state index is 11.0. The number of amides is 1. The first-order valence-corrected chi connectivity index (χ1v) is 4.86. The molecule has 0 atom stereocenters. The molecule has 1 rings (SSSR count). The summed E-state index contributed by atoms with van der Waals surface area (Å²) in [6.45, 7) is 5.12. The number of carbonyl (C=O) groups excluding carboxylic acids is 1. The van der Waals surface area contributed by atoms with Crippen LogP contribution in [0, 0.1) is 10.1 Å². The van der Waals surface area contributed by atoms with E-state index in [4.69, 9.17) is 0 Å². The lowest BCUT2D eigenvalue weighted by Crippen LogP contribution is -2.39. The third-order valence-corrected chi connectivity index (χ3v) is 2.29. The summed E-state index contributed by atoms with van der Waals surface area (Å²) in [6.07, 6.45) is 0. The van der Waals surface area contributed by atoms with Gasteiger partial charge in [-0.15, -0.1) is 0 Å². The molecule has 0 saturated heterocycles. The molecule has 0 saturated carbocycles. The summed E-state index contributed by atoms with van der Waals surface area (Å²) in [4.78, 5) is 21.0. The highest BCUT2D eigenvalue weighted by molar-refractivity contribution is 5.74. The quantitative estimate of drug-likeness (QED) is 0.627. The van der Waals surface area contributed by atoms with E-state index >= 15 is 0 Å². The van der Waals surface area contributed by atoms with E-state index in [-0.39, 0.29) is 11.6 Å². The Kier molecular flexibility index (Phi) is 3.27. The van der Waals surface area contributed by atoms with Crippen molar-refractivity contribution in [1.29, 1.82) is 0 Å². The van der Waals surface area contributed by atoms with Gasteiger partial charge in [0.15, 0.2) is 0 Å². The van der Waals surface area contributed by atoms with Gasteiger partial charge in [0.1, 0.15) is 0 Å². The third-order valence-electron chi connectivity index (χ3n) is 2.29. The number of rotatable bonds is 3. The van der Waals surface area contributed by atoms with Gasteiger partial charge in [0.2, 0.25) is 5.91 Å². The Labute approximate surface area is 93.6 Å². The summed E-state index contributed by atoms with van der Waals surface area (Å²) in [5, 5.41) is 13.3. The highest BCUT2D eigenvalue weighted by Gasteiger charge is 2.21. The number of hydrogen-bond acceptors (Lipinski definition) is 3. The number of nitro groups is 1. The molecule has 1 aromatic rings. The fourth-order valence-corrected chi connectivity index (χ4v) is 1.51. The van der Waals surface area contributed by atoms with Crippen molar-refractivity contribution >= 4 is 11.6 Å². The summed E-state index contributed by atoms with van der Waals surface area (Å²) in [5.74, 6) is -0.136. The number of nitro benzene ring substituents is 1. The SMILES string of the molecule is CC(=O)NC(C)(C)c1ccc([N+](=O)[O-])cc1. The molecule has 5 nitrogen and oxygen atoms in total. The van der Waals surface area contributed by atoms with E-state index < -0.39 is 10.5 Å². The predicted molar refractivity (Wildman–Crippen MR) is 59.9 cm³/mol. The summed E-state index contributed by atoms with van der Waals surface area (Å²) in [7, 11) is 0. The largest absolute Gasteiger partial charge is 0.347 e. The molecule has 0 heterocycles. The van der Waals surface area contributed by atoms with Gasteiger partial charge in [-0.1, -0.05) is 0 Å². The van der Waals surface area contributed by atoms with E-state index in [2.05, 4.69) is 5.32 Å². The van der Waals surface area contributed by atoms with Crippen LogP contribution in [-0.2, 0) is 10.3 Å². The van der Waals surface area contributed by atoms with Crippen LogP contribution in [0.15, 0.2) is 24.3 Å². The van der Waals surface area contributed by atoms with Gasteiger partial charge >= 0.3 is 0 Å². The fraction of sp³-hybridized carbons (Fsp3) is 0.364. The Balaban J connectivity index is 2.96. The van der Waals surface area contributed by atoms with Crippen LogP contribution in [0.2, 0.25) is 0 Å². The Bertz CT molecular complexity index is 410. The molecule has 5 heteroatoms. The van der Waals surface area contributed by atoms with Crippen LogP contribution in [-0.4, -0.2) is 10.8 Å². The summed E-state index contributed by atoms with van der Waals surface area (Å²) >= 11 is 0. The van der Waals surface area contributed by atoms with E-state index in [9.17, 15) is 14.9 Å². The van der Waals surface area contributed by atoms with Crippen LogP contribution in [0.5, 0.6) is 0 Å². The van der Waals surface area contributed by atoms with E-state index in [0.29, 0.717) is 0 Å². The van der Waals surface area contributed by atoms with E-state index in [1.54, 1.807) is 12.1 Å². The van der Waals surface area contributed by atoms with Crippen LogP contribution in [0.3, 0.4) is 0 Å². The second-order valence-electron chi connectivity index (χ2n) is 4.11. The zero-order chi connectivity index (χ0) is 12.3.